The van der Waals surface area contributed by atoms with E-state index in [1.807, 2.05) is 17.6 Å². The molecular weight excluding hydrogens is 318 g/mol. The summed E-state index contributed by atoms with van der Waals surface area (Å²) in [5, 5.41) is 14.4. The average molecular weight is 335 g/mol. The van der Waals surface area contributed by atoms with Crippen LogP contribution in [0.3, 0.4) is 0 Å². The molecule has 0 atom stereocenters. The van der Waals surface area contributed by atoms with Gasteiger partial charge in [-0.2, -0.15) is 5.26 Å². The molecule has 0 spiro atoms. The van der Waals surface area contributed by atoms with Crippen LogP contribution < -0.4 is 5.32 Å². The van der Waals surface area contributed by atoms with E-state index in [9.17, 15) is 0 Å². The first-order valence-corrected chi connectivity index (χ1v) is 8.45. The van der Waals surface area contributed by atoms with Gasteiger partial charge in [0.1, 0.15) is 11.9 Å². The minimum Gasteiger partial charge on any atom is -0.339 e. The highest BCUT2D eigenvalue weighted by Gasteiger charge is 2.06. The Bertz CT molecular complexity index is 839. The van der Waals surface area contributed by atoms with Gasteiger partial charge < -0.3 is 5.32 Å². The van der Waals surface area contributed by atoms with Gasteiger partial charge in [0.05, 0.1) is 16.8 Å². The van der Waals surface area contributed by atoms with Crippen LogP contribution >= 0.6 is 11.3 Å². The highest BCUT2D eigenvalue weighted by molar-refractivity contribution is 7.07. The fourth-order valence-electron chi connectivity index (χ4n) is 2.44. The Morgan fingerprint density at radius 1 is 1.21 bits per heavy atom. The number of hydrogen-bond donors (Lipinski definition) is 1. The van der Waals surface area contributed by atoms with Crippen molar-refractivity contribution >= 4 is 22.8 Å². The maximum atomic E-state index is 9.15. The van der Waals surface area contributed by atoms with Gasteiger partial charge in [0.2, 0.25) is 0 Å². The maximum absolute atomic E-state index is 9.15. The van der Waals surface area contributed by atoms with Crippen molar-refractivity contribution in [3.63, 3.8) is 0 Å². The summed E-state index contributed by atoms with van der Waals surface area (Å²) < 4.78 is 0. The van der Waals surface area contributed by atoms with E-state index < -0.39 is 0 Å². The first-order chi connectivity index (χ1) is 11.7. The van der Waals surface area contributed by atoms with Gasteiger partial charge in [0, 0.05) is 30.4 Å². The molecule has 0 aliphatic carbocycles. The lowest BCUT2D eigenvalue weighted by molar-refractivity contribution is 0.316. The lowest BCUT2D eigenvalue weighted by Gasteiger charge is -2.16. The van der Waals surface area contributed by atoms with Crippen molar-refractivity contribution in [3.8, 4) is 6.07 Å². The number of nitrogens with one attached hydrogen (secondary N) is 1. The molecule has 0 unspecified atom stereocenters. The first-order valence-electron chi connectivity index (χ1n) is 7.51. The summed E-state index contributed by atoms with van der Waals surface area (Å²) in [7, 11) is 2.08. The molecule has 0 saturated heterocycles. The molecule has 120 valence electrons. The second kappa shape index (κ2) is 7.68. The minimum atomic E-state index is 0.531. The van der Waals surface area contributed by atoms with Gasteiger partial charge in [-0.3, -0.25) is 4.90 Å². The summed E-state index contributed by atoms with van der Waals surface area (Å²) in [6, 6.07) is 13.8. The van der Waals surface area contributed by atoms with Gasteiger partial charge in [0.25, 0.3) is 0 Å². The Morgan fingerprint density at radius 2 is 2.12 bits per heavy atom. The quantitative estimate of drug-likeness (QED) is 0.742. The van der Waals surface area contributed by atoms with Gasteiger partial charge >= 0.3 is 0 Å². The molecule has 0 aliphatic rings. The van der Waals surface area contributed by atoms with Crippen molar-refractivity contribution in [2.45, 2.75) is 13.1 Å². The number of thiazole rings is 1. The second-order valence-electron chi connectivity index (χ2n) is 5.49. The van der Waals surface area contributed by atoms with Crippen LogP contribution in [0.2, 0.25) is 0 Å². The third-order valence-electron chi connectivity index (χ3n) is 3.49. The number of rotatable bonds is 6. The Morgan fingerprint density at radius 3 is 2.92 bits per heavy atom. The number of anilines is 2. The molecule has 0 bridgehead atoms. The van der Waals surface area contributed by atoms with Gasteiger partial charge in [-0.1, -0.05) is 12.1 Å². The van der Waals surface area contributed by atoms with Crippen LogP contribution in [0.4, 0.5) is 11.5 Å². The fraction of sp³-hybridized carbons (Fsp3) is 0.167. The summed E-state index contributed by atoms with van der Waals surface area (Å²) in [5.41, 5.74) is 5.58. The van der Waals surface area contributed by atoms with Gasteiger partial charge in [-0.15, -0.1) is 11.3 Å². The average Bonchev–Trinajstić information content (AvgIpc) is 3.08. The molecule has 24 heavy (non-hydrogen) atoms. The Labute approximate surface area is 145 Å². The van der Waals surface area contributed by atoms with Crippen LogP contribution in [0, 0.1) is 11.3 Å². The molecule has 5 nitrogen and oxygen atoms in total. The predicted molar refractivity (Wildman–Crippen MR) is 96.0 cm³/mol. The summed E-state index contributed by atoms with van der Waals surface area (Å²) >= 11 is 1.61. The lowest BCUT2D eigenvalue weighted by atomic mass is 10.2. The van der Waals surface area contributed by atoms with Crippen molar-refractivity contribution in [2.24, 2.45) is 0 Å². The van der Waals surface area contributed by atoms with Crippen molar-refractivity contribution < 1.29 is 0 Å². The van der Waals surface area contributed by atoms with E-state index in [0.29, 0.717) is 11.4 Å². The third kappa shape index (κ3) is 4.16. The number of pyridine rings is 1. The molecule has 0 saturated carbocycles. The third-order valence-corrected chi connectivity index (χ3v) is 4.12. The summed E-state index contributed by atoms with van der Waals surface area (Å²) in [4.78, 5) is 10.8. The number of hydrogen-bond acceptors (Lipinski definition) is 6. The highest BCUT2D eigenvalue weighted by Crippen LogP contribution is 2.19. The molecule has 2 heterocycles. The monoisotopic (exact) mass is 335 g/mol. The summed E-state index contributed by atoms with van der Waals surface area (Å²) in [6.45, 7) is 1.64. The Hall–Kier alpha value is -2.75. The topological polar surface area (TPSA) is 64.8 Å². The Kier molecular flexibility index (Phi) is 5.16. The summed E-state index contributed by atoms with van der Waals surface area (Å²) in [5.74, 6) is 0.577. The largest absolute Gasteiger partial charge is 0.339 e. The number of aromatic nitrogens is 2. The number of benzene rings is 1. The minimum absolute atomic E-state index is 0.531. The standard InChI is InChI=1S/C18H17N5S/c1-23(11-17-12-24-13-21-17)10-14-4-2-6-16(8-14)22-18-15(9-19)5-3-7-20-18/h2-8,12-13H,10-11H2,1H3,(H,20,22). The van der Waals surface area contributed by atoms with E-state index in [4.69, 9.17) is 5.26 Å². The molecule has 1 N–H and O–H groups in total. The fourth-order valence-corrected chi connectivity index (χ4v) is 2.99. The van der Waals surface area contributed by atoms with E-state index in [1.165, 1.54) is 5.56 Å². The van der Waals surface area contributed by atoms with Crippen LogP contribution in [-0.4, -0.2) is 21.9 Å². The molecule has 3 rings (SSSR count). The normalized spacial score (nSPS) is 10.5. The van der Waals surface area contributed by atoms with E-state index in [1.54, 1.807) is 29.7 Å². The maximum Gasteiger partial charge on any atom is 0.148 e. The van der Waals surface area contributed by atoms with Crippen LogP contribution in [0.25, 0.3) is 0 Å². The zero-order chi connectivity index (χ0) is 16.8. The molecule has 0 fully saturated rings. The molecule has 2 aromatic heterocycles. The predicted octanol–water partition coefficient (Wildman–Crippen LogP) is 3.79. The SMILES string of the molecule is CN(Cc1cccc(Nc2ncccc2C#N)c1)Cc1cscn1. The molecular formula is C18H17N5S. The molecule has 6 heteroatoms. The Balaban J connectivity index is 1.69. The highest BCUT2D eigenvalue weighted by atomic mass is 32.1. The van der Waals surface area contributed by atoms with Crippen LogP contribution in [0.1, 0.15) is 16.8 Å². The molecule has 0 amide bonds. The van der Waals surface area contributed by atoms with E-state index >= 15 is 0 Å². The first kappa shape index (κ1) is 16.1. The molecule has 0 aliphatic heterocycles. The van der Waals surface area contributed by atoms with E-state index in [0.717, 1.165) is 24.5 Å². The molecule has 0 radical (unpaired) electrons. The van der Waals surface area contributed by atoms with Crippen LogP contribution in [-0.2, 0) is 13.1 Å². The van der Waals surface area contributed by atoms with E-state index in [-0.39, 0.29) is 0 Å². The smallest absolute Gasteiger partial charge is 0.148 e. The number of nitriles is 1. The molecule has 3 aromatic rings. The van der Waals surface area contributed by atoms with Crippen molar-refractivity contribution in [1.29, 1.82) is 5.26 Å². The van der Waals surface area contributed by atoms with Crippen LogP contribution in [0.15, 0.2) is 53.5 Å². The van der Waals surface area contributed by atoms with Crippen molar-refractivity contribution in [2.75, 3.05) is 12.4 Å². The van der Waals surface area contributed by atoms with Crippen molar-refractivity contribution in [3.05, 3.63) is 70.3 Å². The van der Waals surface area contributed by atoms with E-state index in [2.05, 4.69) is 50.8 Å². The van der Waals surface area contributed by atoms with Gasteiger partial charge in [-0.25, -0.2) is 9.97 Å². The number of nitrogens with zero attached hydrogens (tertiary/aromatic N) is 4. The van der Waals surface area contributed by atoms with Gasteiger partial charge in [-0.05, 0) is 36.9 Å². The van der Waals surface area contributed by atoms with Crippen LogP contribution in [0.5, 0.6) is 0 Å². The summed E-state index contributed by atoms with van der Waals surface area (Å²) in [6.07, 6.45) is 1.68. The molecule has 1 aromatic carbocycles. The zero-order valence-electron chi connectivity index (χ0n) is 13.3. The van der Waals surface area contributed by atoms with Crippen molar-refractivity contribution in [1.82, 2.24) is 14.9 Å². The van der Waals surface area contributed by atoms with Gasteiger partial charge in [0.15, 0.2) is 0 Å². The second-order valence-corrected chi connectivity index (χ2v) is 6.21. The lowest BCUT2D eigenvalue weighted by Crippen LogP contribution is -2.17. The zero-order valence-corrected chi connectivity index (χ0v) is 14.1.